The molecular formula is C48H50ClN7O9S. The third-order valence-corrected chi connectivity index (χ3v) is 14.8. The molecule has 1 atom stereocenters. The third kappa shape index (κ3) is 9.15. The van der Waals surface area contributed by atoms with Crippen molar-refractivity contribution in [2.24, 2.45) is 5.41 Å². The summed E-state index contributed by atoms with van der Waals surface area (Å²) in [4.78, 5) is 37.8. The predicted octanol–water partition coefficient (Wildman–Crippen LogP) is 7.73. The molecule has 5 aromatic rings. The van der Waals surface area contributed by atoms with Gasteiger partial charge in [-0.05, 0) is 103 Å². The molecule has 0 saturated carbocycles. The number of sulfonamides is 1. The normalized spacial score (nSPS) is 19.9. The van der Waals surface area contributed by atoms with Crippen LogP contribution in [-0.4, -0.2) is 113 Å². The third-order valence-electron chi connectivity index (χ3n) is 13.2. The largest absolute Gasteiger partial charge is 0.476 e. The fourth-order valence-corrected chi connectivity index (χ4v) is 10.7. The standard InChI is InChI=1S/C48H50ClN7O9S/c49-36-5-2-32(3-6-36)40-25-48(29-63-30-48)14-10-35(40)27-54-17-12-31(13-18-54)33-4-8-39(42(22-33)55-16-1-19-65-47-44(55)23-34-11-15-50-45(34)52-47)46(57)53-66(60,61)38-7-9-41(43(24-38)56(58)59)51-26-37-28-62-20-21-64-37/h2-9,11-12,15,22-24,37,51H,1,10,13-14,16-21,25-30H2,(H,50,52)(H,53,57). The summed E-state index contributed by atoms with van der Waals surface area (Å²) in [6, 6.07) is 20.9. The zero-order chi connectivity index (χ0) is 45.4. The van der Waals surface area contributed by atoms with Crippen LogP contribution in [0, 0.1) is 15.5 Å². The number of hydrogen-bond donors (Lipinski definition) is 3. The average Bonchev–Trinajstić information content (AvgIpc) is 3.68. The molecule has 2 saturated heterocycles. The number of benzene rings is 3. The van der Waals surface area contributed by atoms with Gasteiger partial charge in [0.1, 0.15) is 17.0 Å². The van der Waals surface area contributed by atoms with Crippen LogP contribution in [0.15, 0.2) is 95.5 Å². The number of fused-ring (bicyclic) bond motifs is 2. The zero-order valence-electron chi connectivity index (χ0n) is 36.2. The summed E-state index contributed by atoms with van der Waals surface area (Å²) < 4.78 is 52.9. The first kappa shape index (κ1) is 44.0. The Kier molecular flexibility index (Phi) is 12.3. The number of aromatic amines is 1. The summed E-state index contributed by atoms with van der Waals surface area (Å²) in [5.74, 6) is -0.511. The van der Waals surface area contributed by atoms with E-state index in [1.807, 2.05) is 41.3 Å². The maximum atomic E-state index is 14.4. The quantitative estimate of drug-likeness (QED) is 0.0815. The first-order chi connectivity index (χ1) is 32.0. The van der Waals surface area contributed by atoms with Crippen LogP contribution >= 0.6 is 11.6 Å². The van der Waals surface area contributed by atoms with Gasteiger partial charge in [-0.3, -0.25) is 19.8 Å². The molecule has 0 bridgehead atoms. The Bertz CT molecular complexity index is 2860. The molecule has 4 aliphatic heterocycles. The van der Waals surface area contributed by atoms with E-state index in [2.05, 4.69) is 38.1 Å². The zero-order valence-corrected chi connectivity index (χ0v) is 37.8. The van der Waals surface area contributed by atoms with Crippen LogP contribution in [-0.2, 0) is 24.2 Å². The number of nitro groups is 1. The van der Waals surface area contributed by atoms with Crippen molar-refractivity contribution in [1.29, 1.82) is 0 Å². The van der Waals surface area contributed by atoms with Gasteiger partial charge in [-0.15, -0.1) is 0 Å². The summed E-state index contributed by atoms with van der Waals surface area (Å²) >= 11 is 6.29. The van der Waals surface area contributed by atoms with E-state index in [0.29, 0.717) is 62.3 Å². The highest BCUT2D eigenvalue weighted by molar-refractivity contribution is 7.90. The molecule has 1 spiro atoms. The number of amides is 1. The molecule has 10 rings (SSSR count). The van der Waals surface area contributed by atoms with Crippen LogP contribution in [0.1, 0.15) is 53.6 Å². The summed E-state index contributed by atoms with van der Waals surface area (Å²) in [5, 5.41) is 16.7. The van der Waals surface area contributed by atoms with Gasteiger partial charge in [-0.25, -0.2) is 13.1 Å². The predicted molar refractivity (Wildman–Crippen MR) is 251 cm³/mol. The molecule has 5 aliphatic rings. The number of H-pyrrole nitrogens is 1. The highest BCUT2D eigenvalue weighted by Gasteiger charge is 2.42. The molecule has 0 radical (unpaired) electrons. The number of rotatable bonds is 12. The van der Waals surface area contributed by atoms with E-state index in [9.17, 15) is 23.3 Å². The minimum absolute atomic E-state index is 0.0958. The van der Waals surface area contributed by atoms with Crippen LogP contribution in [0.4, 0.5) is 22.7 Å². The number of allylic oxidation sites excluding steroid dienone is 1. The Morgan fingerprint density at radius 2 is 1.82 bits per heavy atom. The van der Waals surface area contributed by atoms with E-state index >= 15 is 0 Å². The number of carbonyl (C=O) groups excluding carboxylic acids is 1. The number of nitrogens with one attached hydrogen (secondary N) is 3. The second-order valence-corrected chi connectivity index (χ2v) is 19.7. The van der Waals surface area contributed by atoms with E-state index in [1.54, 1.807) is 12.3 Å². The Morgan fingerprint density at radius 1 is 0.970 bits per heavy atom. The summed E-state index contributed by atoms with van der Waals surface area (Å²) in [6.07, 6.45) is 8.20. The number of halogens is 1. The Hall–Kier alpha value is -5.82. The Morgan fingerprint density at radius 3 is 2.58 bits per heavy atom. The van der Waals surface area contributed by atoms with Crippen molar-refractivity contribution in [3.05, 3.63) is 122 Å². The molecule has 66 heavy (non-hydrogen) atoms. The monoisotopic (exact) mass is 935 g/mol. The SMILES string of the molecule is O=C(NS(=O)(=O)c1ccc(NCC2COCCO2)c([N+](=O)[O-])c1)c1ccc(C2=CCN(CC3=C(c4ccc(Cl)cc4)CC4(CC3)COC4)CC2)cc1N1CCCOc2nc3[nH]ccc3cc21. The maximum absolute atomic E-state index is 14.4. The molecule has 1 amide bonds. The van der Waals surface area contributed by atoms with Crippen molar-refractivity contribution in [3.63, 3.8) is 0 Å². The minimum atomic E-state index is -4.60. The van der Waals surface area contributed by atoms with Crippen LogP contribution in [0.25, 0.3) is 22.2 Å². The summed E-state index contributed by atoms with van der Waals surface area (Å²) in [6.45, 7) is 6.27. The number of nitro benzene ring substituents is 1. The van der Waals surface area contributed by atoms with E-state index < -0.39 is 31.4 Å². The fraction of sp³-hybridized carbons (Fsp3) is 0.375. The van der Waals surface area contributed by atoms with Crippen LogP contribution in [0.3, 0.4) is 0 Å². The molecule has 2 aromatic heterocycles. The van der Waals surface area contributed by atoms with Crippen LogP contribution in [0.5, 0.6) is 5.88 Å². The lowest BCUT2D eigenvalue weighted by Gasteiger charge is -2.46. The first-order valence-corrected chi connectivity index (χ1v) is 24.1. The topological polar surface area (TPSA) is 190 Å². The maximum Gasteiger partial charge on any atom is 0.293 e. The molecule has 1 aliphatic carbocycles. The Labute approximate surface area is 387 Å². The fourth-order valence-electron chi connectivity index (χ4n) is 9.57. The number of ether oxygens (including phenoxy) is 4. The van der Waals surface area contributed by atoms with Gasteiger partial charge in [-0.2, -0.15) is 4.98 Å². The van der Waals surface area contributed by atoms with Gasteiger partial charge in [0, 0.05) is 60.8 Å². The first-order valence-electron chi connectivity index (χ1n) is 22.3. The molecule has 1 unspecified atom stereocenters. The molecule has 16 nitrogen and oxygen atoms in total. The highest BCUT2D eigenvalue weighted by Crippen LogP contribution is 2.48. The average molecular weight is 936 g/mol. The molecule has 18 heteroatoms. The van der Waals surface area contributed by atoms with Crippen molar-refractivity contribution in [3.8, 4) is 5.88 Å². The number of aromatic nitrogens is 2. The van der Waals surface area contributed by atoms with Crippen molar-refractivity contribution < 1.29 is 37.1 Å². The number of carbonyl (C=O) groups is 1. The van der Waals surface area contributed by atoms with Crippen molar-refractivity contribution in [1.82, 2.24) is 19.6 Å². The molecule has 344 valence electrons. The van der Waals surface area contributed by atoms with Crippen molar-refractivity contribution in [2.75, 3.05) is 82.6 Å². The van der Waals surface area contributed by atoms with E-state index in [1.165, 1.54) is 28.8 Å². The lowest BCUT2D eigenvalue weighted by Crippen LogP contribution is -2.45. The van der Waals surface area contributed by atoms with E-state index in [4.69, 9.17) is 35.5 Å². The molecular weight excluding hydrogens is 886 g/mol. The second kappa shape index (κ2) is 18.5. The molecule has 3 N–H and O–H groups in total. The molecule has 2 fully saturated rings. The summed E-state index contributed by atoms with van der Waals surface area (Å²) in [5.41, 5.74) is 7.79. The van der Waals surface area contributed by atoms with E-state index in [0.717, 1.165) is 86.1 Å². The van der Waals surface area contributed by atoms with Crippen LogP contribution < -0.4 is 19.7 Å². The molecule has 6 heterocycles. The minimum Gasteiger partial charge on any atom is -0.476 e. The number of pyridine rings is 1. The van der Waals surface area contributed by atoms with Crippen LogP contribution in [0.2, 0.25) is 5.02 Å². The smallest absolute Gasteiger partial charge is 0.293 e. The lowest BCUT2D eigenvalue weighted by atomic mass is 9.68. The van der Waals surface area contributed by atoms with E-state index in [-0.39, 0.29) is 29.3 Å². The number of hydrogen-bond acceptors (Lipinski definition) is 13. The van der Waals surface area contributed by atoms with Gasteiger partial charge in [-0.1, -0.05) is 41.4 Å². The van der Waals surface area contributed by atoms with Crippen molar-refractivity contribution in [2.45, 2.75) is 43.1 Å². The van der Waals surface area contributed by atoms with Gasteiger partial charge < -0.3 is 34.1 Å². The van der Waals surface area contributed by atoms with Gasteiger partial charge >= 0.3 is 0 Å². The lowest BCUT2D eigenvalue weighted by molar-refractivity contribution is -0.384. The molecule has 3 aromatic carbocycles. The number of anilines is 3. The second-order valence-electron chi connectivity index (χ2n) is 17.6. The Balaban J connectivity index is 0.938. The van der Waals surface area contributed by atoms with Gasteiger partial charge in [0.05, 0.1) is 66.8 Å². The highest BCUT2D eigenvalue weighted by atomic mass is 35.5. The van der Waals surface area contributed by atoms with Gasteiger partial charge in [0.25, 0.3) is 21.6 Å². The van der Waals surface area contributed by atoms with Crippen molar-refractivity contribution >= 4 is 72.5 Å². The van der Waals surface area contributed by atoms with Gasteiger partial charge in [0.2, 0.25) is 5.88 Å². The number of nitrogens with zero attached hydrogens (tertiary/aromatic N) is 4. The summed E-state index contributed by atoms with van der Waals surface area (Å²) in [7, 11) is -4.60. The van der Waals surface area contributed by atoms with Gasteiger partial charge in [0.15, 0.2) is 0 Å².